The third-order valence-corrected chi connectivity index (χ3v) is 13.7. The zero-order valence-electron chi connectivity index (χ0n) is 27.6. The van der Waals surface area contributed by atoms with E-state index < -0.39 is 19.9 Å². The summed E-state index contributed by atoms with van der Waals surface area (Å²) in [5.74, 6) is -0.390. The fraction of sp³-hybridized carbons (Fsp3) is 0.758. The molecule has 0 saturated heterocycles. The number of methoxy groups -OCH3 is 1. The third kappa shape index (κ3) is 13.9. The number of ether oxygens (including phenoxy) is 2. The zero-order valence-corrected chi connectivity index (χ0v) is 28.6. The van der Waals surface area contributed by atoms with Gasteiger partial charge in [-0.1, -0.05) is 78.3 Å². The molecule has 6 nitrogen and oxygen atoms in total. The van der Waals surface area contributed by atoms with Crippen LogP contribution in [0.5, 0.6) is 0 Å². The minimum Gasteiger partial charge on any atom is -0.460 e. The van der Waals surface area contributed by atoms with E-state index in [1.807, 2.05) is 18.2 Å². The van der Waals surface area contributed by atoms with E-state index in [0.29, 0.717) is 36.1 Å². The Bertz CT molecular complexity index is 826. The quantitative estimate of drug-likeness (QED) is 0.0546. The molecule has 0 aromatic rings. The molecule has 232 valence electrons. The molecule has 0 aliphatic carbocycles. The maximum atomic E-state index is 12.1. The summed E-state index contributed by atoms with van der Waals surface area (Å²) in [6.45, 7) is 24.0. The van der Waals surface area contributed by atoms with Crippen molar-refractivity contribution in [3.05, 3.63) is 35.5 Å². The number of Topliss-reactive ketones (excluding diaryl/α,β-unsaturated/α-hetero) is 1. The van der Waals surface area contributed by atoms with Crippen LogP contribution in [0.1, 0.15) is 108 Å². The number of esters is 1. The lowest BCUT2D eigenvalue weighted by Gasteiger charge is -2.45. The van der Waals surface area contributed by atoms with E-state index in [1.165, 1.54) is 0 Å². The van der Waals surface area contributed by atoms with Crippen LogP contribution in [-0.4, -0.2) is 57.2 Å². The Morgan fingerprint density at radius 1 is 0.925 bits per heavy atom. The Morgan fingerprint density at radius 2 is 1.50 bits per heavy atom. The van der Waals surface area contributed by atoms with Crippen LogP contribution in [-0.2, 0) is 23.5 Å². The predicted molar refractivity (Wildman–Crippen MR) is 169 cm³/mol. The van der Waals surface area contributed by atoms with Crippen LogP contribution in [0.25, 0.3) is 0 Å². The lowest BCUT2D eigenvalue weighted by Crippen LogP contribution is -2.51. The molecular weight excluding hydrogens is 520 g/mol. The molecule has 0 radical (unpaired) electrons. The topological polar surface area (TPSA) is 82.1 Å². The summed E-state index contributed by atoms with van der Waals surface area (Å²) in [4.78, 5) is 24.0. The number of allylic oxidation sites excluding steroid dienone is 4. The molecule has 0 rings (SSSR count). The van der Waals surface area contributed by atoms with Crippen molar-refractivity contribution in [3.8, 4) is 0 Å². The van der Waals surface area contributed by atoms with Crippen molar-refractivity contribution < 1.29 is 28.6 Å². The molecule has 40 heavy (non-hydrogen) atoms. The number of carbonyl (C=O) groups is 2. The minimum atomic E-state index is -2.10. The molecule has 0 aliphatic rings. The van der Waals surface area contributed by atoms with Gasteiger partial charge in [-0.3, -0.25) is 9.59 Å². The van der Waals surface area contributed by atoms with Crippen molar-refractivity contribution in [1.82, 2.24) is 0 Å². The summed E-state index contributed by atoms with van der Waals surface area (Å²) < 4.78 is 17.8. The highest BCUT2D eigenvalue weighted by Crippen LogP contribution is 2.44. The smallest absolute Gasteiger partial charge is 0.313 e. The average Bonchev–Trinajstić information content (AvgIpc) is 2.82. The first-order valence-electron chi connectivity index (χ1n) is 15.0. The van der Waals surface area contributed by atoms with Gasteiger partial charge in [0.1, 0.15) is 17.8 Å². The second kappa shape index (κ2) is 18.8. The van der Waals surface area contributed by atoms with Gasteiger partial charge < -0.3 is 19.0 Å². The maximum Gasteiger partial charge on any atom is 0.313 e. The molecule has 0 bridgehead atoms. The maximum absolute atomic E-state index is 12.1. The number of ketones is 1. The first-order valence-corrected chi connectivity index (χ1v) is 17.2. The highest BCUT2D eigenvalue weighted by atomic mass is 28.4. The Morgan fingerprint density at radius 3 is 1.98 bits per heavy atom. The summed E-state index contributed by atoms with van der Waals surface area (Å²) in [5, 5.41) is 9.79. The Kier molecular flexibility index (Phi) is 18.1. The van der Waals surface area contributed by atoms with Gasteiger partial charge in [-0.15, -0.1) is 0 Å². The molecule has 0 aromatic heterocycles. The zero-order chi connectivity index (χ0) is 31.1. The normalized spacial score (nSPS) is 15.4. The van der Waals surface area contributed by atoms with Crippen LogP contribution in [0.3, 0.4) is 0 Å². The summed E-state index contributed by atoms with van der Waals surface area (Å²) in [6.07, 6.45) is 10.6. The van der Waals surface area contributed by atoms with Gasteiger partial charge in [0.25, 0.3) is 0 Å². The van der Waals surface area contributed by atoms with E-state index in [2.05, 4.69) is 61.5 Å². The minimum absolute atomic E-state index is 0.00833. The Balaban J connectivity index is 5.52. The third-order valence-electron chi connectivity index (χ3n) is 7.58. The Hall–Kier alpha value is -1.54. The fourth-order valence-corrected chi connectivity index (χ4v) is 11.2. The lowest BCUT2D eigenvalue weighted by molar-refractivity contribution is -0.156. The average molecular weight is 581 g/mol. The van der Waals surface area contributed by atoms with Crippen LogP contribution in [0, 0.1) is 5.92 Å². The number of hydrogen-bond acceptors (Lipinski definition) is 6. The molecular formula is C33H60O6Si. The largest absolute Gasteiger partial charge is 0.460 e. The van der Waals surface area contributed by atoms with Gasteiger partial charge in [-0.25, -0.2) is 0 Å². The van der Waals surface area contributed by atoms with Crippen molar-refractivity contribution in [3.63, 3.8) is 0 Å². The van der Waals surface area contributed by atoms with Crippen LogP contribution < -0.4 is 0 Å². The SMILES string of the molecule is COC/C(CO)=C(\C)CC[C@H](O[Si](C(C)C)(C(C)C)C(C)C)[C@@H](C)/C=C/C=C/CCC(=O)CC(=O)OC(C)(C)C. The molecule has 0 amide bonds. The van der Waals surface area contributed by atoms with E-state index >= 15 is 0 Å². The fourth-order valence-electron chi connectivity index (χ4n) is 5.52. The van der Waals surface area contributed by atoms with Gasteiger partial charge in [-0.05, 0) is 75.1 Å². The molecule has 0 heterocycles. The van der Waals surface area contributed by atoms with E-state index in [9.17, 15) is 14.7 Å². The number of hydrogen-bond donors (Lipinski definition) is 1. The summed E-state index contributed by atoms with van der Waals surface area (Å²) in [5.41, 5.74) is 2.99. The Labute approximate surface area is 246 Å². The number of aliphatic hydroxyl groups is 1. The lowest BCUT2D eigenvalue weighted by atomic mass is 9.96. The van der Waals surface area contributed by atoms with Gasteiger partial charge in [0.2, 0.25) is 8.32 Å². The van der Waals surface area contributed by atoms with E-state index in [1.54, 1.807) is 27.9 Å². The first kappa shape index (κ1) is 38.5. The van der Waals surface area contributed by atoms with Crippen LogP contribution in [0.2, 0.25) is 16.6 Å². The van der Waals surface area contributed by atoms with Gasteiger partial charge in [0.15, 0.2) is 0 Å². The van der Waals surface area contributed by atoms with Gasteiger partial charge in [-0.2, -0.15) is 0 Å². The van der Waals surface area contributed by atoms with Crippen molar-refractivity contribution in [2.45, 2.75) is 137 Å². The number of aliphatic hydroxyl groups excluding tert-OH is 1. The molecule has 2 atom stereocenters. The van der Waals surface area contributed by atoms with E-state index in [-0.39, 0.29) is 30.8 Å². The van der Waals surface area contributed by atoms with E-state index in [0.717, 1.165) is 24.0 Å². The van der Waals surface area contributed by atoms with Crippen LogP contribution in [0.15, 0.2) is 35.5 Å². The highest BCUT2D eigenvalue weighted by Gasteiger charge is 2.47. The molecule has 0 fully saturated rings. The second-order valence-corrected chi connectivity index (χ2v) is 18.4. The number of carbonyl (C=O) groups excluding carboxylic acids is 2. The van der Waals surface area contributed by atoms with Crippen molar-refractivity contribution in [1.29, 1.82) is 0 Å². The second-order valence-electron chi connectivity index (χ2n) is 13.0. The highest BCUT2D eigenvalue weighted by molar-refractivity contribution is 6.77. The predicted octanol–water partition coefficient (Wildman–Crippen LogP) is 8.11. The van der Waals surface area contributed by atoms with Gasteiger partial charge >= 0.3 is 5.97 Å². The summed E-state index contributed by atoms with van der Waals surface area (Å²) >= 11 is 0. The first-order chi connectivity index (χ1) is 18.5. The van der Waals surface area contributed by atoms with Gasteiger partial charge in [0, 0.05) is 13.5 Å². The van der Waals surface area contributed by atoms with Crippen LogP contribution >= 0.6 is 0 Å². The molecule has 0 aliphatic heterocycles. The van der Waals surface area contributed by atoms with Gasteiger partial charge in [0.05, 0.1) is 19.3 Å². The number of rotatable bonds is 19. The summed E-state index contributed by atoms with van der Waals surface area (Å²) in [6, 6.07) is 0. The van der Waals surface area contributed by atoms with Crippen molar-refractivity contribution >= 4 is 20.1 Å². The summed E-state index contributed by atoms with van der Waals surface area (Å²) in [7, 11) is -0.442. The molecule has 7 heteroatoms. The molecule has 0 saturated carbocycles. The molecule has 0 spiro atoms. The van der Waals surface area contributed by atoms with E-state index in [4.69, 9.17) is 13.9 Å². The monoisotopic (exact) mass is 580 g/mol. The standard InChI is InChI=1S/C33H60O6Si/c1-24(2)40(25(3)4,26(5)6)39-31(20-19-27(7)29(22-34)23-37-12)28(8)17-15-13-14-16-18-30(35)21-32(36)38-33(9,10)11/h13-15,17,24-26,28,31,34H,16,18-23H2,1-12H3/b14-13+,17-15+,29-27+/t28-,31-/m0/s1. The molecule has 0 aromatic carbocycles. The molecule has 1 N–H and O–H groups in total. The van der Waals surface area contributed by atoms with Crippen molar-refractivity contribution in [2.24, 2.45) is 5.92 Å². The molecule has 0 unspecified atom stereocenters. The van der Waals surface area contributed by atoms with Crippen molar-refractivity contribution in [2.75, 3.05) is 20.3 Å². The van der Waals surface area contributed by atoms with Crippen LogP contribution in [0.4, 0.5) is 0 Å².